The summed E-state index contributed by atoms with van der Waals surface area (Å²) in [5.41, 5.74) is 0.879. The molecule has 0 radical (unpaired) electrons. The highest BCUT2D eigenvalue weighted by Gasteiger charge is 2.32. The molecular weight excluding hydrogens is 224 g/mol. The fraction of sp³-hybridized carbons (Fsp3) is 0.273. The minimum atomic E-state index is -0.392. The van der Waals surface area contributed by atoms with Crippen LogP contribution in [0.25, 0.3) is 0 Å². The van der Waals surface area contributed by atoms with Crippen LogP contribution in [0.2, 0.25) is 0 Å². The Bertz CT molecular complexity index is 392. The summed E-state index contributed by atoms with van der Waals surface area (Å²) in [6, 6.07) is 8.98. The van der Waals surface area contributed by atoms with Crippen LogP contribution in [0.4, 0.5) is 0 Å². The van der Waals surface area contributed by atoms with Crippen molar-refractivity contribution in [1.82, 2.24) is 10.2 Å². The van der Waals surface area contributed by atoms with E-state index in [-0.39, 0.29) is 19.1 Å². The summed E-state index contributed by atoms with van der Waals surface area (Å²) in [4.78, 5) is 13.1. The fourth-order valence-electron chi connectivity index (χ4n) is 1.76. The molecule has 0 aromatic heterocycles. The van der Waals surface area contributed by atoms with Crippen LogP contribution in [0.15, 0.2) is 30.3 Å². The van der Waals surface area contributed by atoms with Gasteiger partial charge in [-0.2, -0.15) is 0 Å². The quantitative estimate of drug-likeness (QED) is 0.748. The molecular formula is C11H12N2O2S. The number of benzene rings is 1. The van der Waals surface area contributed by atoms with Gasteiger partial charge in [0.2, 0.25) is 5.91 Å². The number of hydrogen-bond donors (Lipinski definition) is 2. The van der Waals surface area contributed by atoms with Crippen LogP contribution in [-0.2, 0) is 4.79 Å². The lowest BCUT2D eigenvalue weighted by Gasteiger charge is -2.25. The highest BCUT2D eigenvalue weighted by Crippen LogP contribution is 2.22. The molecule has 0 unspecified atom stereocenters. The second-order valence-corrected chi connectivity index (χ2v) is 3.92. The van der Waals surface area contributed by atoms with Gasteiger partial charge in [0, 0.05) is 0 Å². The maximum atomic E-state index is 11.6. The highest BCUT2D eigenvalue weighted by atomic mass is 32.1. The molecule has 0 saturated carbocycles. The topological polar surface area (TPSA) is 52.6 Å². The first kappa shape index (κ1) is 11.0. The SMILES string of the molecule is O=C1CNC(=S)N1[C@H](CO)c1ccccc1. The van der Waals surface area contributed by atoms with Crippen molar-refractivity contribution < 1.29 is 9.90 Å². The third kappa shape index (κ3) is 1.91. The number of nitrogens with one attached hydrogen (secondary N) is 1. The number of rotatable bonds is 3. The maximum absolute atomic E-state index is 11.6. The average Bonchev–Trinajstić information content (AvgIpc) is 2.63. The van der Waals surface area contributed by atoms with Gasteiger partial charge in [0.25, 0.3) is 0 Å². The largest absolute Gasteiger partial charge is 0.394 e. The van der Waals surface area contributed by atoms with Gasteiger partial charge in [-0.3, -0.25) is 9.69 Å². The third-order valence-electron chi connectivity index (χ3n) is 2.55. The van der Waals surface area contributed by atoms with Crippen LogP contribution in [0.3, 0.4) is 0 Å². The maximum Gasteiger partial charge on any atom is 0.248 e. The van der Waals surface area contributed by atoms with Crippen LogP contribution < -0.4 is 5.32 Å². The lowest BCUT2D eigenvalue weighted by Crippen LogP contribution is -2.36. The molecule has 2 N–H and O–H groups in total. The first-order valence-corrected chi connectivity index (χ1v) is 5.40. The fourth-order valence-corrected chi connectivity index (χ4v) is 2.06. The van der Waals surface area contributed by atoms with E-state index in [0.29, 0.717) is 5.11 Å². The molecule has 1 aromatic carbocycles. The van der Waals surface area contributed by atoms with E-state index in [0.717, 1.165) is 5.56 Å². The average molecular weight is 236 g/mol. The van der Waals surface area contributed by atoms with Crippen LogP contribution in [-0.4, -0.2) is 34.2 Å². The van der Waals surface area contributed by atoms with Crippen molar-refractivity contribution in [3.8, 4) is 0 Å². The number of carbonyl (C=O) groups excluding carboxylic acids is 1. The predicted octanol–water partition coefficient (Wildman–Crippen LogP) is 0.437. The van der Waals surface area contributed by atoms with Crippen molar-refractivity contribution in [2.45, 2.75) is 6.04 Å². The summed E-state index contributed by atoms with van der Waals surface area (Å²) < 4.78 is 0. The van der Waals surface area contributed by atoms with Gasteiger partial charge >= 0.3 is 0 Å². The second kappa shape index (κ2) is 4.59. The van der Waals surface area contributed by atoms with E-state index in [4.69, 9.17) is 12.2 Å². The Morgan fingerprint density at radius 3 is 2.62 bits per heavy atom. The van der Waals surface area contributed by atoms with Gasteiger partial charge in [-0.05, 0) is 17.8 Å². The predicted molar refractivity (Wildman–Crippen MR) is 63.7 cm³/mol. The van der Waals surface area contributed by atoms with Gasteiger partial charge in [-0.1, -0.05) is 30.3 Å². The van der Waals surface area contributed by atoms with Gasteiger partial charge in [0.15, 0.2) is 5.11 Å². The zero-order chi connectivity index (χ0) is 11.5. The summed E-state index contributed by atoms with van der Waals surface area (Å²) in [5.74, 6) is -0.104. The molecule has 0 spiro atoms. The molecule has 1 heterocycles. The number of amides is 1. The van der Waals surface area contributed by atoms with E-state index in [1.54, 1.807) is 0 Å². The highest BCUT2D eigenvalue weighted by molar-refractivity contribution is 7.80. The minimum Gasteiger partial charge on any atom is -0.394 e. The molecule has 0 bridgehead atoms. The van der Waals surface area contributed by atoms with Crippen molar-refractivity contribution in [3.63, 3.8) is 0 Å². The van der Waals surface area contributed by atoms with Gasteiger partial charge in [-0.25, -0.2) is 0 Å². The number of carbonyl (C=O) groups is 1. The van der Waals surface area contributed by atoms with E-state index in [1.807, 2.05) is 30.3 Å². The monoisotopic (exact) mass is 236 g/mol. The molecule has 0 aliphatic carbocycles. The summed E-state index contributed by atoms with van der Waals surface area (Å²) in [5, 5.41) is 12.6. The normalized spacial score (nSPS) is 17.4. The lowest BCUT2D eigenvalue weighted by atomic mass is 10.1. The van der Waals surface area contributed by atoms with Crippen molar-refractivity contribution in [3.05, 3.63) is 35.9 Å². The lowest BCUT2D eigenvalue weighted by molar-refractivity contribution is -0.126. The zero-order valence-corrected chi connectivity index (χ0v) is 9.41. The molecule has 1 aromatic rings. The third-order valence-corrected chi connectivity index (χ3v) is 2.89. The van der Waals surface area contributed by atoms with E-state index in [9.17, 15) is 9.90 Å². The molecule has 1 aliphatic rings. The molecule has 1 amide bonds. The van der Waals surface area contributed by atoms with E-state index in [1.165, 1.54) is 4.90 Å². The number of thiocarbonyl (C=S) groups is 1. The van der Waals surface area contributed by atoms with Crippen LogP contribution in [0, 0.1) is 0 Å². The molecule has 5 heteroatoms. The Balaban J connectivity index is 2.29. The Morgan fingerprint density at radius 1 is 1.44 bits per heavy atom. The van der Waals surface area contributed by atoms with Gasteiger partial charge in [0.05, 0.1) is 19.2 Å². The van der Waals surface area contributed by atoms with Crippen molar-refractivity contribution >= 4 is 23.2 Å². The Kier molecular flexibility index (Phi) is 3.17. The van der Waals surface area contributed by atoms with E-state index >= 15 is 0 Å². The first-order valence-electron chi connectivity index (χ1n) is 4.99. The molecule has 84 valence electrons. The Morgan fingerprint density at radius 2 is 2.12 bits per heavy atom. The number of aliphatic hydroxyl groups is 1. The van der Waals surface area contributed by atoms with Crippen molar-refractivity contribution in [2.24, 2.45) is 0 Å². The molecule has 2 rings (SSSR count). The van der Waals surface area contributed by atoms with Crippen molar-refractivity contribution in [1.29, 1.82) is 0 Å². The first-order chi connectivity index (χ1) is 7.74. The summed E-state index contributed by atoms with van der Waals surface area (Å²) in [6.07, 6.45) is 0. The Labute approximate surface area is 98.9 Å². The summed E-state index contributed by atoms with van der Waals surface area (Å²) >= 11 is 5.04. The van der Waals surface area contributed by atoms with E-state index in [2.05, 4.69) is 5.32 Å². The van der Waals surface area contributed by atoms with Gasteiger partial charge < -0.3 is 10.4 Å². The van der Waals surface area contributed by atoms with Gasteiger partial charge in [0.1, 0.15) is 0 Å². The molecule has 1 saturated heterocycles. The van der Waals surface area contributed by atoms with Crippen LogP contribution in [0.5, 0.6) is 0 Å². The molecule has 1 fully saturated rings. The minimum absolute atomic E-state index is 0.104. The van der Waals surface area contributed by atoms with Crippen molar-refractivity contribution in [2.75, 3.05) is 13.2 Å². The second-order valence-electron chi connectivity index (χ2n) is 3.53. The Hall–Kier alpha value is -1.46. The number of nitrogens with zero attached hydrogens (tertiary/aromatic N) is 1. The van der Waals surface area contributed by atoms with Gasteiger partial charge in [-0.15, -0.1) is 0 Å². The van der Waals surface area contributed by atoms with Crippen LogP contribution >= 0.6 is 12.2 Å². The summed E-state index contributed by atoms with van der Waals surface area (Å²) in [6.45, 7) is 0.0692. The summed E-state index contributed by atoms with van der Waals surface area (Å²) in [7, 11) is 0. The number of aliphatic hydroxyl groups excluding tert-OH is 1. The molecule has 1 aliphatic heterocycles. The zero-order valence-electron chi connectivity index (χ0n) is 8.59. The standard InChI is InChI=1S/C11H12N2O2S/c14-7-9(8-4-2-1-3-5-8)13-10(15)6-12-11(13)16/h1-5,9,14H,6-7H2,(H,12,16)/t9-/m1/s1. The smallest absolute Gasteiger partial charge is 0.248 e. The molecule has 16 heavy (non-hydrogen) atoms. The van der Waals surface area contributed by atoms with Crippen LogP contribution in [0.1, 0.15) is 11.6 Å². The molecule has 4 nitrogen and oxygen atoms in total. The molecule has 1 atom stereocenters. The van der Waals surface area contributed by atoms with E-state index < -0.39 is 6.04 Å². The number of hydrogen-bond acceptors (Lipinski definition) is 3.